The molecular formula is C17H13FN4O2S. The van der Waals surface area contributed by atoms with Crippen LogP contribution >= 0.6 is 0 Å². The molecule has 0 unspecified atom stereocenters. The van der Waals surface area contributed by atoms with Gasteiger partial charge in [0, 0.05) is 18.0 Å². The highest BCUT2D eigenvalue weighted by Crippen LogP contribution is 2.23. The number of halogens is 1. The first-order chi connectivity index (χ1) is 12.0. The number of rotatable bonds is 3. The topological polar surface area (TPSA) is 76.3 Å². The van der Waals surface area contributed by atoms with Crippen LogP contribution in [0.25, 0.3) is 5.69 Å². The average molecular weight is 356 g/mol. The fourth-order valence-electron chi connectivity index (χ4n) is 2.68. The maximum Gasteiger partial charge on any atom is 0.263 e. The standard InChI is InChI=1S/C17H13FN4O2S/c18-14-9-12(5-6-15(14)22-8-7-19-11-22)10-20-17-13-3-1-2-4-16(13)25(23,24)21-17/h1-9,11H,10H2,(H,20,21). The van der Waals surface area contributed by atoms with Crippen LogP contribution in [0.5, 0.6) is 0 Å². The minimum atomic E-state index is -3.57. The summed E-state index contributed by atoms with van der Waals surface area (Å²) < 4.78 is 42.4. The first kappa shape index (κ1) is 15.5. The van der Waals surface area contributed by atoms with Crippen molar-refractivity contribution in [1.29, 1.82) is 0 Å². The van der Waals surface area contributed by atoms with Crippen LogP contribution in [-0.4, -0.2) is 23.8 Å². The Balaban J connectivity index is 1.62. The Hall–Kier alpha value is -3.00. The predicted molar refractivity (Wildman–Crippen MR) is 90.5 cm³/mol. The van der Waals surface area contributed by atoms with Gasteiger partial charge in [0.1, 0.15) is 11.7 Å². The number of aromatic nitrogens is 2. The quantitative estimate of drug-likeness (QED) is 0.782. The fraction of sp³-hybridized carbons (Fsp3) is 0.0588. The van der Waals surface area contributed by atoms with Gasteiger partial charge in [-0.25, -0.2) is 17.8 Å². The molecule has 1 aliphatic heterocycles. The van der Waals surface area contributed by atoms with Gasteiger partial charge in [-0.1, -0.05) is 18.2 Å². The van der Waals surface area contributed by atoms with Crippen LogP contribution in [0, 0.1) is 5.82 Å². The normalized spacial score (nSPS) is 16.6. The molecule has 0 atom stereocenters. The van der Waals surface area contributed by atoms with E-state index >= 15 is 0 Å². The van der Waals surface area contributed by atoms with Gasteiger partial charge in [0.15, 0.2) is 0 Å². The molecule has 2 aromatic carbocycles. The summed E-state index contributed by atoms with van der Waals surface area (Å²) in [6.07, 6.45) is 4.74. The molecule has 1 aromatic heterocycles. The van der Waals surface area contributed by atoms with E-state index in [-0.39, 0.29) is 17.3 Å². The second kappa shape index (κ2) is 5.82. The van der Waals surface area contributed by atoms with Crippen molar-refractivity contribution in [3.8, 4) is 5.69 Å². The highest BCUT2D eigenvalue weighted by atomic mass is 32.2. The number of sulfonamides is 1. The average Bonchev–Trinajstić information content (AvgIpc) is 3.20. The molecule has 0 amide bonds. The van der Waals surface area contributed by atoms with Crippen molar-refractivity contribution in [3.63, 3.8) is 0 Å². The smallest absolute Gasteiger partial charge is 0.263 e. The van der Waals surface area contributed by atoms with E-state index in [1.165, 1.54) is 18.5 Å². The number of hydrogen-bond acceptors (Lipinski definition) is 4. The third kappa shape index (κ3) is 2.80. The fourth-order valence-corrected chi connectivity index (χ4v) is 3.93. The Morgan fingerprint density at radius 2 is 2.04 bits per heavy atom. The van der Waals surface area contributed by atoms with Gasteiger partial charge in [-0.2, -0.15) is 0 Å². The number of fused-ring (bicyclic) bond motifs is 1. The zero-order chi connectivity index (χ0) is 17.4. The van der Waals surface area contributed by atoms with Crippen LogP contribution in [0.4, 0.5) is 4.39 Å². The minimum absolute atomic E-state index is 0.160. The van der Waals surface area contributed by atoms with Crippen molar-refractivity contribution in [1.82, 2.24) is 14.3 Å². The molecule has 0 aliphatic carbocycles. The van der Waals surface area contributed by atoms with Gasteiger partial charge in [-0.15, -0.1) is 0 Å². The van der Waals surface area contributed by atoms with Crippen LogP contribution in [0.3, 0.4) is 0 Å². The maximum atomic E-state index is 14.3. The van der Waals surface area contributed by atoms with Gasteiger partial charge in [0.25, 0.3) is 10.0 Å². The Morgan fingerprint density at radius 1 is 1.20 bits per heavy atom. The van der Waals surface area contributed by atoms with E-state index in [4.69, 9.17) is 0 Å². The summed E-state index contributed by atoms with van der Waals surface area (Å²) in [6, 6.07) is 11.4. The number of nitrogens with zero attached hydrogens (tertiary/aromatic N) is 3. The summed E-state index contributed by atoms with van der Waals surface area (Å²) in [5.41, 5.74) is 1.55. The lowest BCUT2D eigenvalue weighted by Gasteiger charge is -2.06. The SMILES string of the molecule is O=S1(=O)NC(=NCc2ccc(-n3ccnc3)c(F)c2)c2ccccc21. The highest BCUT2D eigenvalue weighted by molar-refractivity contribution is 7.90. The molecule has 0 saturated heterocycles. The number of amidine groups is 1. The first-order valence-electron chi connectivity index (χ1n) is 7.48. The third-order valence-corrected chi connectivity index (χ3v) is 5.27. The molecule has 0 bridgehead atoms. The Labute approximate surface area is 143 Å². The van der Waals surface area contributed by atoms with Crippen LogP contribution in [0.15, 0.2) is 71.1 Å². The molecule has 3 aromatic rings. The highest BCUT2D eigenvalue weighted by Gasteiger charge is 2.29. The Morgan fingerprint density at radius 3 is 2.80 bits per heavy atom. The summed E-state index contributed by atoms with van der Waals surface area (Å²) in [5, 5.41) is 0. The van der Waals surface area contributed by atoms with Gasteiger partial charge in [-0.05, 0) is 29.8 Å². The van der Waals surface area contributed by atoms with Crippen LogP contribution < -0.4 is 4.72 Å². The zero-order valence-corrected chi connectivity index (χ0v) is 13.7. The minimum Gasteiger partial charge on any atom is -0.303 e. The van der Waals surface area contributed by atoms with Crippen LogP contribution in [0.2, 0.25) is 0 Å². The van der Waals surface area contributed by atoms with Crippen molar-refractivity contribution in [3.05, 3.63) is 78.1 Å². The molecule has 25 heavy (non-hydrogen) atoms. The summed E-state index contributed by atoms with van der Waals surface area (Å²) in [7, 11) is -3.57. The second-order valence-corrected chi connectivity index (χ2v) is 7.17. The number of imidazole rings is 1. The molecule has 0 radical (unpaired) electrons. The molecule has 2 heterocycles. The number of benzene rings is 2. The molecule has 6 nitrogen and oxygen atoms in total. The van der Waals surface area contributed by atoms with E-state index in [2.05, 4.69) is 14.7 Å². The van der Waals surface area contributed by atoms with E-state index < -0.39 is 15.8 Å². The van der Waals surface area contributed by atoms with Crippen molar-refractivity contribution in [2.45, 2.75) is 11.4 Å². The van der Waals surface area contributed by atoms with Gasteiger partial charge >= 0.3 is 0 Å². The maximum absolute atomic E-state index is 14.3. The Kier molecular flexibility index (Phi) is 3.61. The van der Waals surface area contributed by atoms with E-state index in [1.54, 1.807) is 47.3 Å². The Bertz CT molecular complexity index is 1080. The summed E-state index contributed by atoms with van der Waals surface area (Å²) in [4.78, 5) is 8.40. The lowest BCUT2D eigenvalue weighted by molar-refractivity contribution is 0.595. The van der Waals surface area contributed by atoms with Gasteiger partial charge in [-0.3, -0.25) is 9.71 Å². The van der Waals surface area contributed by atoms with Crippen molar-refractivity contribution < 1.29 is 12.8 Å². The van der Waals surface area contributed by atoms with Crippen LogP contribution in [0.1, 0.15) is 11.1 Å². The number of hydrogen-bond donors (Lipinski definition) is 1. The summed E-state index contributed by atoms with van der Waals surface area (Å²) >= 11 is 0. The van der Waals surface area contributed by atoms with Crippen molar-refractivity contribution in [2.24, 2.45) is 4.99 Å². The molecule has 4 rings (SSSR count). The van der Waals surface area contributed by atoms with E-state index in [1.807, 2.05) is 0 Å². The van der Waals surface area contributed by atoms with E-state index in [0.717, 1.165) is 0 Å². The molecule has 0 spiro atoms. The van der Waals surface area contributed by atoms with E-state index in [9.17, 15) is 12.8 Å². The number of aliphatic imine (C=N–C) groups is 1. The van der Waals surface area contributed by atoms with Crippen molar-refractivity contribution in [2.75, 3.05) is 0 Å². The van der Waals surface area contributed by atoms with Gasteiger partial charge in [0.2, 0.25) is 0 Å². The molecule has 0 saturated carbocycles. The van der Waals surface area contributed by atoms with Gasteiger partial charge in [0.05, 0.1) is 23.5 Å². The molecule has 0 fully saturated rings. The van der Waals surface area contributed by atoms with E-state index in [0.29, 0.717) is 16.8 Å². The summed E-state index contributed by atoms with van der Waals surface area (Å²) in [6.45, 7) is 0.160. The lowest BCUT2D eigenvalue weighted by Crippen LogP contribution is -2.22. The molecule has 1 N–H and O–H groups in total. The lowest BCUT2D eigenvalue weighted by atomic mass is 10.2. The molecule has 1 aliphatic rings. The van der Waals surface area contributed by atoms with Gasteiger partial charge < -0.3 is 4.57 Å². The second-order valence-electron chi connectivity index (χ2n) is 5.52. The first-order valence-corrected chi connectivity index (χ1v) is 8.96. The predicted octanol–water partition coefficient (Wildman–Crippen LogP) is 2.25. The third-order valence-electron chi connectivity index (χ3n) is 3.88. The molecule has 126 valence electrons. The largest absolute Gasteiger partial charge is 0.303 e. The molecular weight excluding hydrogens is 343 g/mol. The number of nitrogens with one attached hydrogen (secondary N) is 1. The van der Waals surface area contributed by atoms with Crippen LogP contribution in [-0.2, 0) is 16.6 Å². The zero-order valence-electron chi connectivity index (χ0n) is 12.9. The monoisotopic (exact) mass is 356 g/mol. The summed E-state index contributed by atoms with van der Waals surface area (Å²) in [5.74, 6) is -0.127. The molecule has 8 heteroatoms. The van der Waals surface area contributed by atoms with Crippen molar-refractivity contribution >= 4 is 15.9 Å².